The van der Waals surface area contributed by atoms with Crippen molar-refractivity contribution in [3.8, 4) is 33.4 Å². The maximum absolute atomic E-state index is 4.57. The Morgan fingerprint density at radius 3 is 1.36 bits per heavy atom. The zero-order valence-electron chi connectivity index (χ0n) is 15.4. The summed E-state index contributed by atoms with van der Waals surface area (Å²) in [6.45, 7) is 4.57. The molecule has 0 atom stereocenters. The lowest BCUT2D eigenvalue weighted by molar-refractivity contribution is 1.63. The lowest BCUT2D eigenvalue weighted by Crippen LogP contribution is -2.01. The van der Waals surface area contributed by atoms with Crippen molar-refractivity contribution in [1.29, 1.82) is 0 Å². The normalized spacial score (nSPS) is 11.7. The number of hydrogen-bond acceptors (Lipinski definition) is 0. The Balaban J connectivity index is 1.89. The fraction of sp³-hybridized carbons (Fsp3) is 0. The standard InChI is InChI=1S/C28H18/c1-18-24(19-10-4-2-5-11-19)27-22-16-8-14-21-15-9-17-23(26(21)22)28(27)25(18)20-12-6-3-7-13-20/h2-17H,1H2. The van der Waals surface area contributed by atoms with E-state index in [1.807, 2.05) is 0 Å². The second-order valence-corrected chi connectivity index (χ2v) is 7.42. The molecule has 0 heterocycles. The van der Waals surface area contributed by atoms with Gasteiger partial charge >= 0.3 is 0 Å². The predicted molar refractivity (Wildman–Crippen MR) is 121 cm³/mol. The van der Waals surface area contributed by atoms with Crippen LogP contribution in [0.25, 0.3) is 61.5 Å². The highest BCUT2D eigenvalue weighted by Crippen LogP contribution is 2.50. The van der Waals surface area contributed by atoms with Crippen molar-refractivity contribution in [2.24, 2.45) is 0 Å². The molecule has 0 amide bonds. The molecule has 0 heteroatoms. The molecule has 0 saturated carbocycles. The van der Waals surface area contributed by atoms with Gasteiger partial charge in [-0.2, -0.15) is 0 Å². The number of rotatable bonds is 2. The molecule has 4 aromatic carbocycles. The van der Waals surface area contributed by atoms with E-state index in [9.17, 15) is 0 Å². The van der Waals surface area contributed by atoms with Gasteiger partial charge in [-0.3, -0.25) is 0 Å². The summed E-state index contributed by atoms with van der Waals surface area (Å²) in [4.78, 5) is 0. The van der Waals surface area contributed by atoms with Gasteiger partial charge in [0.15, 0.2) is 0 Å². The zero-order valence-corrected chi connectivity index (χ0v) is 15.4. The summed E-state index contributed by atoms with van der Waals surface area (Å²) < 4.78 is 0. The Hall–Kier alpha value is -3.64. The van der Waals surface area contributed by atoms with Gasteiger partial charge in [0, 0.05) is 0 Å². The van der Waals surface area contributed by atoms with Crippen LogP contribution in [0.1, 0.15) is 0 Å². The van der Waals surface area contributed by atoms with Crippen molar-refractivity contribution in [2.75, 3.05) is 0 Å². The van der Waals surface area contributed by atoms with E-state index < -0.39 is 0 Å². The zero-order chi connectivity index (χ0) is 18.7. The van der Waals surface area contributed by atoms with E-state index in [4.69, 9.17) is 0 Å². The Bertz CT molecular complexity index is 1340. The van der Waals surface area contributed by atoms with Gasteiger partial charge in [-0.05, 0) is 60.1 Å². The van der Waals surface area contributed by atoms with Gasteiger partial charge < -0.3 is 0 Å². The third kappa shape index (κ3) is 1.95. The third-order valence-electron chi connectivity index (χ3n) is 5.92. The molecule has 28 heavy (non-hydrogen) atoms. The van der Waals surface area contributed by atoms with Crippen LogP contribution in [0, 0.1) is 0 Å². The minimum absolute atomic E-state index is 1.12. The minimum Gasteiger partial charge on any atom is -0.0905 e. The van der Waals surface area contributed by atoms with E-state index in [2.05, 4.69) is 104 Å². The molecule has 4 aromatic rings. The fourth-order valence-corrected chi connectivity index (χ4v) is 4.82. The van der Waals surface area contributed by atoms with Crippen molar-refractivity contribution < 1.29 is 0 Å². The Morgan fingerprint density at radius 2 is 0.893 bits per heavy atom. The predicted octanol–water partition coefficient (Wildman–Crippen LogP) is 7.00. The second kappa shape index (κ2) is 5.68. The van der Waals surface area contributed by atoms with E-state index in [1.165, 1.54) is 54.9 Å². The summed E-state index contributed by atoms with van der Waals surface area (Å²) in [6, 6.07) is 34.7. The summed E-state index contributed by atoms with van der Waals surface area (Å²) in [5, 5.41) is 6.44. The molecule has 0 fully saturated rings. The lowest BCUT2D eigenvalue weighted by atomic mass is 10.00. The first kappa shape index (κ1) is 15.4. The van der Waals surface area contributed by atoms with Crippen LogP contribution < -0.4 is 5.22 Å². The Kier molecular flexibility index (Phi) is 3.13. The van der Waals surface area contributed by atoms with Crippen molar-refractivity contribution in [1.82, 2.24) is 0 Å². The van der Waals surface area contributed by atoms with Gasteiger partial charge in [0.1, 0.15) is 0 Å². The maximum Gasteiger partial charge on any atom is -0.000763 e. The molecule has 2 aliphatic rings. The van der Waals surface area contributed by atoms with E-state index in [0.717, 1.165) is 5.22 Å². The van der Waals surface area contributed by atoms with E-state index in [-0.39, 0.29) is 0 Å². The topological polar surface area (TPSA) is 0 Å². The third-order valence-corrected chi connectivity index (χ3v) is 5.92. The first-order chi connectivity index (χ1) is 13.8. The van der Waals surface area contributed by atoms with Crippen LogP contribution >= 0.6 is 0 Å². The monoisotopic (exact) mass is 354 g/mol. The van der Waals surface area contributed by atoms with Crippen molar-refractivity contribution in [3.05, 3.63) is 102 Å². The SMILES string of the molecule is C=c1c(-c2ccccc2)c2c3cccc4cccc(c-2c1-c1ccccc1)c43. The molecule has 0 saturated heterocycles. The van der Waals surface area contributed by atoms with Crippen LogP contribution in [0.15, 0.2) is 97.1 Å². The van der Waals surface area contributed by atoms with Crippen molar-refractivity contribution in [3.63, 3.8) is 0 Å². The van der Waals surface area contributed by atoms with E-state index >= 15 is 0 Å². The molecular formula is C28H18. The van der Waals surface area contributed by atoms with Gasteiger partial charge in [0.25, 0.3) is 0 Å². The molecule has 2 aliphatic carbocycles. The van der Waals surface area contributed by atoms with Crippen LogP contribution in [0.4, 0.5) is 0 Å². The number of fused-ring (bicyclic) bond motifs is 3. The molecule has 130 valence electrons. The Labute approximate surface area is 164 Å². The molecule has 0 bridgehead atoms. The molecule has 0 N–H and O–H groups in total. The average molecular weight is 354 g/mol. The van der Waals surface area contributed by atoms with Crippen LogP contribution in [0.2, 0.25) is 0 Å². The van der Waals surface area contributed by atoms with Crippen LogP contribution in [0.5, 0.6) is 0 Å². The molecular weight excluding hydrogens is 336 g/mol. The van der Waals surface area contributed by atoms with E-state index in [1.54, 1.807) is 0 Å². The number of benzene rings is 4. The lowest BCUT2D eigenvalue weighted by Gasteiger charge is -2.03. The number of hydrogen-bond donors (Lipinski definition) is 0. The van der Waals surface area contributed by atoms with Crippen molar-refractivity contribution in [2.45, 2.75) is 0 Å². The van der Waals surface area contributed by atoms with Crippen molar-refractivity contribution >= 4 is 28.1 Å². The molecule has 0 aliphatic heterocycles. The molecule has 0 radical (unpaired) electrons. The maximum atomic E-state index is 4.57. The highest BCUT2D eigenvalue weighted by atomic mass is 14.3. The van der Waals surface area contributed by atoms with Crippen LogP contribution in [-0.2, 0) is 0 Å². The minimum atomic E-state index is 1.12. The summed E-state index contributed by atoms with van der Waals surface area (Å²) >= 11 is 0. The van der Waals surface area contributed by atoms with Gasteiger partial charge in [-0.15, -0.1) is 0 Å². The Morgan fingerprint density at radius 1 is 0.429 bits per heavy atom. The highest BCUT2D eigenvalue weighted by molar-refractivity contribution is 6.29. The van der Waals surface area contributed by atoms with Gasteiger partial charge in [-0.1, -0.05) is 104 Å². The first-order valence-electron chi connectivity index (χ1n) is 9.66. The molecule has 6 rings (SSSR count). The summed E-state index contributed by atoms with van der Waals surface area (Å²) in [7, 11) is 0. The second-order valence-electron chi connectivity index (χ2n) is 7.42. The summed E-state index contributed by atoms with van der Waals surface area (Å²) in [5.74, 6) is 0. The molecule has 0 unspecified atom stereocenters. The molecule has 0 nitrogen and oxygen atoms in total. The van der Waals surface area contributed by atoms with Gasteiger partial charge in [-0.25, -0.2) is 0 Å². The van der Waals surface area contributed by atoms with Crippen LogP contribution in [0.3, 0.4) is 0 Å². The average Bonchev–Trinajstić information content (AvgIpc) is 3.23. The molecule has 0 aromatic heterocycles. The quantitative estimate of drug-likeness (QED) is 0.314. The highest BCUT2D eigenvalue weighted by Gasteiger charge is 2.27. The van der Waals surface area contributed by atoms with E-state index in [0.29, 0.717) is 0 Å². The smallest absolute Gasteiger partial charge is 0.000763 e. The first-order valence-corrected chi connectivity index (χ1v) is 9.66. The summed E-state index contributed by atoms with van der Waals surface area (Å²) in [5.41, 5.74) is 7.66. The van der Waals surface area contributed by atoms with Crippen LogP contribution in [-0.4, -0.2) is 0 Å². The van der Waals surface area contributed by atoms with Gasteiger partial charge in [0.2, 0.25) is 0 Å². The molecule has 0 spiro atoms. The summed E-state index contributed by atoms with van der Waals surface area (Å²) in [6.07, 6.45) is 0. The largest absolute Gasteiger partial charge is 0.0905 e. The van der Waals surface area contributed by atoms with Gasteiger partial charge in [0.05, 0.1) is 0 Å². The fourth-order valence-electron chi connectivity index (χ4n) is 4.82.